The lowest BCUT2D eigenvalue weighted by atomic mass is 9.98. The van der Waals surface area contributed by atoms with Crippen LogP contribution < -0.4 is 5.32 Å². The molecule has 3 rings (SSSR count). The maximum Gasteiger partial charge on any atom is 0.309 e. The Labute approximate surface area is 202 Å². The van der Waals surface area contributed by atoms with Crippen LogP contribution in [0.25, 0.3) is 0 Å². The number of piperidine rings is 1. The van der Waals surface area contributed by atoms with Gasteiger partial charge in [0, 0.05) is 19.6 Å². The third kappa shape index (κ3) is 6.24. The highest BCUT2D eigenvalue weighted by atomic mass is 32.2. The normalized spacial score (nSPS) is 17.1. The molecule has 1 N–H and O–H groups in total. The fraction of sp³-hybridized carbons (Fsp3) is 0.462. The van der Waals surface area contributed by atoms with Crippen LogP contribution in [0.4, 0.5) is 0 Å². The first-order valence-corrected chi connectivity index (χ1v) is 13.1. The minimum atomic E-state index is -3.61. The van der Waals surface area contributed by atoms with Gasteiger partial charge in [0.1, 0.15) is 0 Å². The fourth-order valence-corrected chi connectivity index (χ4v) is 5.53. The first-order valence-electron chi connectivity index (χ1n) is 11.7. The molecule has 2 unspecified atom stereocenters. The minimum absolute atomic E-state index is 0.136. The van der Waals surface area contributed by atoms with Gasteiger partial charge in [0.25, 0.3) is 5.91 Å². The van der Waals surface area contributed by atoms with Gasteiger partial charge < -0.3 is 10.1 Å². The highest BCUT2D eigenvalue weighted by Crippen LogP contribution is 2.26. The average Bonchev–Trinajstić information content (AvgIpc) is 2.84. The van der Waals surface area contributed by atoms with Gasteiger partial charge in [-0.3, -0.25) is 9.59 Å². The van der Waals surface area contributed by atoms with Gasteiger partial charge in [-0.2, -0.15) is 4.31 Å². The molecule has 2 atom stereocenters. The second-order valence-electron chi connectivity index (χ2n) is 9.06. The van der Waals surface area contributed by atoms with Crippen LogP contribution in [0.5, 0.6) is 0 Å². The lowest BCUT2D eigenvalue weighted by Crippen LogP contribution is -2.42. The van der Waals surface area contributed by atoms with Gasteiger partial charge in [-0.05, 0) is 68.4 Å². The SMILES string of the molecule is Cc1ccc(S(=O)(=O)N2CCC(C(=O)OC(C)C(=O)NCC(C)c3ccccc3)CC2)cc1C. The number of amides is 1. The van der Waals surface area contributed by atoms with E-state index < -0.39 is 28.0 Å². The van der Waals surface area contributed by atoms with Crippen molar-refractivity contribution in [3.05, 3.63) is 65.2 Å². The fourth-order valence-electron chi connectivity index (χ4n) is 3.98. The van der Waals surface area contributed by atoms with Gasteiger partial charge in [-0.1, -0.05) is 43.3 Å². The quantitative estimate of drug-likeness (QED) is 0.576. The van der Waals surface area contributed by atoms with Gasteiger partial charge >= 0.3 is 5.97 Å². The zero-order chi connectivity index (χ0) is 24.9. The van der Waals surface area contributed by atoms with Crippen LogP contribution in [0.3, 0.4) is 0 Å². The van der Waals surface area contributed by atoms with Crippen molar-refractivity contribution in [2.45, 2.75) is 57.5 Å². The molecule has 184 valence electrons. The number of rotatable bonds is 8. The van der Waals surface area contributed by atoms with Crippen molar-refractivity contribution in [3.8, 4) is 0 Å². The number of hydrogen-bond acceptors (Lipinski definition) is 5. The third-order valence-corrected chi connectivity index (χ3v) is 8.41. The Hall–Kier alpha value is -2.71. The molecule has 0 bridgehead atoms. The van der Waals surface area contributed by atoms with E-state index in [0.29, 0.717) is 19.4 Å². The Morgan fingerprint density at radius 2 is 1.68 bits per heavy atom. The summed E-state index contributed by atoms with van der Waals surface area (Å²) in [6, 6.07) is 15.0. The lowest BCUT2D eigenvalue weighted by Gasteiger charge is -2.30. The molecule has 1 saturated heterocycles. The van der Waals surface area contributed by atoms with Gasteiger partial charge in [0.2, 0.25) is 10.0 Å². The van der Waals surface area contributed by atoms with Crippen LogP contribution in [0, 0.1) is 19.8 Å². The summed E-state index contributed by atoms with van der Waals surface area (Å²) in [5.74, 6) is -1.09. The first kappa shape index (κ1) is 25.9. The van der Waals surface area contributed by atoms with Crippen molar-refractivity contribution in [2.75, 3.05) is 19.6 Å². The Kier molecular flexibility index (Phi) is 8.49. The van der Waals surface area contributed by atoms with Crippen LogP contribution >= 0.6 is 0 Å². The van der Waals surface area contributed by atoms with Crippen molar-refractivity contribution >= 4 is 21.9 Å². The van der Waals surface area contributed by atoms with Gasteiger partial charge in [0.15, 0.2) is 6.10 Å². The molecular formula is C26H34N2O5S. The second kappa shape index (κ2) is 11.1. The number of carbonyl (C=O) groups excluding carboxylic acids is 2. The predicted molar refractivity (Wildman–Crippen MR) is 131 cm³/mol. The van der Waals surface area contributed by atoms with E-state index in [1.54, 1.807) is 25.1 Å². The van der Waals surface area contributed by atoms with E-state index in [1.165, 1.54) is 4.31 Å². The monoisotopic (exact) mass is 486 g/mol. The Morgan fingerprint density at radius 3 is 2.29 bits per heavy atom. The molecule has 0 spiro atoms. The van der Waals surface area contributed by atoms with Crippen molar-refractivity contribution in [1.82, 2.24) is 9.62 Å². The molecule has 7 nitrogen and oxygen atoms in total. The summed E-state index contributed by atoms with van der Waals surface area (Å²) < 4.78 is 32.8. The van der Waals surface area contributed by atoms with Crippen LogP contribution in [-0.2, 0) is 24.3 Å². The zero-order valence-corrected chi connectivity index (χ0v) is 21.1. The molecule has 0 radical (unpaired) electrons. The smallest absolute Gasteiger partial charge is 0.309 e. The van der Waals surface area contributed by atoms with Gasteiger partial charge in [0.05, 0.1) is 10.8 Å². The largest absolute Gasteiger partial charge is 0.452 e. The number of esters is 1. The Balaban J connectivity index is 1.48. The van der Waals surface area contributed by atoms with E-state index >= 15 is 0 Å². The summed E-state index contributed by atoms with van der Waals surface area (Å²) >= 11 is 0. The summed E-state index contributed by atoms with van der Waals surface area (Å²) in [7, 11) is -3.61. The van der Waals surface area contributed by atoms with Crippen LogP contribution in [-0.4, -0.2) is 50.3 Å². The average molecular weight is 487 g/mol. The summed E-state index contributed by atoms with van der Waals surface area (Å²) in [5, 5.41) is 2.84. The van der Waals surface area contributed by atoms with E-state index in [-0.39, 0.29) is 29.8 Å². The molecule has 1 amide bonds. The van der Waals surface area contributed by atoms with Crippen molar-refractivity contribution in [3.63, 3.8) is 0 Å². The molecule has 1 aliphatic rings. The summed E-state index contributed by atoms with van der Waals surface area (Å²) in [6.45, 7) is 8.32. The Bertz CT molecular complexity index is 1110. The predicted octanol–water partition coefficient (Wildman–Crippen LogP) is 3.56. The minimum Gasteiger partial charge on any atom is -0.452 e. The van der Waals surface area contributed by atoms with E-state index in [1.807, 2.05) is 51.1 Å². The molecule has 8 heteroatoms. The van der Waals surface area contributed by atoms with E-state index in [2.05, 4.69) is 5.32 Å². The van der Waals surface area contributed by atoms with Gasteiger partial charge in [-0.25, -0.2) is 8.42 Å². The van der Waals surface area contributed by atoms with Crippen LogP contribution in [0.2, 0.25) is 0 Å². The molecule has 34 heavy (non-hydrogen) atoms. The maximum atomic E-state index is 13.0. The highest BCUT2D eigenvalue weighted by molar-refractivity contribution is 7.89. The van der Waals surface area contributed by atoms with E-state index in [0.717, 1.165) is 16.7 Å². The van der Waals surface area contributed by atoms with Gasteiger partial charge in [-0.15, -0.1) is 0 Å². The number of hydrogen-bond donors (Lipinski definition) is 1. The number of nitrogens with one attached hydrogen (secondary N) is 1. The zero-order valence-electron chi connectivity index (χ0n) is 20.3. The van der Waals surface area contributed by atoms with Crippen molar-refractivity contribution in [1.29, 1.82) is 0 Å². The summed E-state index contributed by atoms with van der Waals surface area (Å²) in [4.78, 5) is 25.3. The third-order valence-electron chi connectivity index (χ3n) is 6.52. The number of aryl methyl sites for hydroxylation is 2. The van der Waals surface area contributed by atoms with Crippen LogP contribution in [0.15, 0.2) is 53.4 Å². The number of benzene rings is 2. The van der Waals surface area contributed by atoms with Crippen molar-refractivity contribution in [2.24, 2.45) is 5.92 Å². The first-order chi connectivity index (χ1) is 16.1. The molecule has 1 heterocycles. The van der Waals surface area contributed by atoms with Crippen molar-refractivity contribution < 1.29 is 22.7 Å². The molecule has 1 fully saturated rings. The molecule has 1 aliphatic heterocycles. The standard InChI is InChI=1S/C26H34N2O5S/c1-18-10-11-24(16-19(18)2)34(31,32)28-14-12-23(13-15-28)26(30)33-21(4)25(29)27-17-20(3)22-8-6-5-7-9-22/h5-11,16,20-21,23H,12-15,17H2,1-4H3,(H,27,29). The molecule has 2 aromatic carbocycles. The second-order valence-corrected chi connectivity index (χ2v) is 11.0. The topological polar surface area (TPSA) is 92.8 Å². The number of nitrogens with zero attached hydrogens (tertiary/aromatic N) is 1. The Morgan fingerprint density at radius 1 is 1.03 bits per heavy atom. The summed E-state index contributed by atoms with van der Waals surface area (Å²) in [5.41, 5.74) is 3.08. The van der Waals surface area contributed by atoms with E-state index in [9.17, 15) is 18.0 Å². The number of carbonyl (C=O) groups is 2. The lowest BCUT2D eigenvalue weighted by molar-refractivity contribution is -0.159. The molecule has 2 aromatic rings. The van der Waals surface area contributed by atoms with Crippen LogP contribution in [0.1, 0.15) is 49.3 Å². The van der Waals surface area contributed by atoms with E-state index in [4.69, 9.17) is 4.74 Å². The molecular weight excluding hydrogens is 452 g/mol. The highest BCUT2D eigenvalue weighted by Gasteiger charge is 2.34. The number of sulfonamides is 1. The number of ether oxygens (including phenoxy) is 1. The molecule has 0 saturated carbocycles. The summed E-state index contributed by atoms with van der Waals surface area (Å²) in [6.07, 6.45) is -0.183. The molecule has 0 aliphatic carbocycles. The molecule has 0 aromatic heterocycles. The maximum absolute atomic E-state index is 13.0.